The molecule has 1 aliphatic heterocycles. The van der Waals surface area contributed by atoms with E-state index in [4.69, 9.17) is 0 Å². The molecule has 5 nitrogen and oxygen atoms in total. The molecule has 0 radical (unpaired) electrons. The standard InChI is InChI=1S/C15H21N3O2/c1-17(12-7-13-5-8-16-9-6-13)14(19)15(20)18-10-3-2-4-11-18/h5-6,8-9H,2-4,7,10-12H2,1H3. The van der Waals surface area contributed by atoms with E-state index in [1.165, 1.54) is 4.90 Å². The molecule has 1 fully saturated rings. The summed E-state index contributed by atoms with van der Waals surface area (Å²) >= 11 is 0. The van der Waals surface area contributed by atoms with Crippen LogP contribution in [0.1, 0.15) is 24.8 Å². The average Bonchev–Trinajstić information content (AvgIpc) is 2.53. The fourth-order valence-electron chi connectivity index (χ4n) is 2.34. The summed E-state index contributed by atoms with van der Waals surface area (Å²) in [4.78, 5) is 31.3. The van der Waals surface area contributed by atoms with Gasteiger partial charge >= 0.3 is 11.8 Å². The van der Waals surface area contributed by atoms with Crippen molar-refractivity contribution in [3.8, 4) is 0 Å². The highest BCUT2D eigenvalue weighted by Gasteiger charge is 2.25. The van der Waals surface area contributed by atoms with E-state index >= 15 is 0 Å². The van der Waals surface area contributed by atoms with Gasteiger partial charge in [-0.2, -0.15) is 0 Å². The predicted molar refractivity (Wildman–Crippen MR) is 76.0 cm³/mol. The third-order valence-corrected chi connectivity index (χ3v) is 3.66. The monoisotopic (exact) mass is 275 g/mol. The highest BCUT2D eigenvalue weighted by molar-refractivity contribution is 6.34. The molecule has 2 heterocycles. The van der Waals surface area contributed by atoms with Crippen LogP contribution in [-0.2, 0) is 16.0 Å². The molecule has 2 amide bonds. The summed E-state index contributed by atoms with van der Waals surface area (Å²) in [6.45, 7) is 1.97. The molecule has 0 aliphatic carbocycles. The van der Waals surface area contributed by atoms with Crippen LogP contribution < -0.4 is 0 Å². The summed E-state index contributed by atoms with van der Waals surface area (Å²) in [6.07, 6.45) is 7.35. The number of hydrogen-bond acceptors (Lipinski definition) is 3. The molecule has 0 N–H and O–H groups in total. The number of nitrogens with zero attached hydrogens (tertiary/aromatic N) is 3. The summed E-state index contributed by atoms with van der Waals surface area (Å²) < 4.78 is 0. The van der Waals surface area contributed by atoms with Gasteiger partial charge in [-0.3, -0.25) is 14.6 Å². The second-order valence-corrected chi connectivity index (χ2v) is 5.19. The van der Waals surface area contributed by atoms with Crippen molar-refractivity contribution in [2.24, 2.45) is 0 Å². The Morgan fingerprint density at radius 3 is 2.50 bits per heavy atom. The second kappa shape index (κ2) is 7.03. The number of pyridine rings is 1. The van der Waals surface area contributed by atoms with Crippen molar-refractivity contribution >= 4 is 11.8 Å². The Balaban J connectivity index is 1.83. The number of likely N-dealkylation sites (N-methyl/N-ethyl adjacent to an activating group) is 1. The molecule has 20 heavy (non-hydrogen) atoms. The number of rotatable bonds is 3. The Morgan fingerprint density at radius 1 is 1.20 bits per heavy atom. The molecule has 0 spiro atoms. The number of aromatic nitrogens is 1. The third-order valence-electron chi connectivity index (χ3n) is 3.66. The smallest absolute Gasteiger partial charge is 0.312 e. The minimum absolute atomic E-state index is 0.359. The molecule has 1 aromatic rings. The molecular weight excluding hydrogens is 254 g/mol. The van der Waals surface area contributed by atoms with Crippen LogP contribution in [0.5, 0.6) is 0 Å². The first-order chi connectivity index (χ1) is 9.68. The van der Waals surface area contributed by atoms with E-state index in [1.54, 1.807) is 24.3 Å². The van der Waals surface area contributed by atoms with Gasteiger partial charge in [0.2, 0.25) is 0 Å². The number of carbonyl (C=O) groups excluding carboxylic acids is 2. The maximum absolute atomic E-state index is 12.1. The number of carbonyl (C=O) groups is 2. The van der Waals surface area contributed by atoms with Gasteiger partial charge in [-0.05, 0) is 43.4 Å². The first-order valence-corrected chi connectivity index (χ1v) is 7.12. The highest BCUT2D eigenvalue weighted by atomic mass is 16.2. The lowest BCUT2D eigenvalue weighted by Crippen LogP contribution is -2.46. The van der Waals surface area contributed by atoms with Gasteiger partial charge in [-0.25, -0.2) is 0 Å². The van der Waals surface area contributed by atoms with Crippen LogP contribution in [0.15, 0.2) is 24.5 Å². The van der Waals surface area contributed by atoms with E-state index in [2.05, 4.69) is 4.98 Å². The summed E-state index contributed by atoms with van der Waals surface area (Å²) in [5.74, 6) is -0.761. The Hall–Kier alpha value is -1.91. The molecule has 2 rings (SSSR count). The lowest BCUT2D eigenvalue weighted by atomic mass is 10.1. The SMILES string of the molecule is CN(CCc1ccncc1)C(=O)C(=O)N1CCCCC1. The zero-order valence-corrected chi connectivity index (χ0v) is 11.9. The van der Waals surface area contributed by atoms with E-state index in [9.17, 15) is 9.59 Å². The minimum Gasteiger partial charge on any atom is -0.337 e. The van der Waals surface area contributed by atoms with Gasteiger partial charge in [0.1, 0.15) is 0 Å². The minimum atomic E-state index is -0.402. The molecule has 108 valence electrons. The van der Waals surface area contributed by atoms with Crippen molar-refractivity contribution in [3.05, 3.63) is 30.1 Å². The number of hydrogen-bond donors (Lipinski definition) is 0. The molecular formula is C15H21N3O2. The van der Waals surface area contributed by atoms with Gasteiger partial charge in [-0.15, -0.1) is 0 Å². The first kappa shape index (κ1) is 14.5. The van der Waals surface area contributed by atoms with Crippen LogP contribution in [-0.4, -0.2) is 53.3 Å². The summed E-state index contributed by atoms with van der Waals surface area (Å²) in [6, 6.07) is 3.84. The van der Waals surface area contributed by atoms with E-state index in [0.717, 1.165) is 31.2 Å². The second-order valence-electron chi connectivity index (χ2n) is 5.19. The predicted octanol–water partition coefficient (Wildman–Crippen LogP) is 1.09. The fraction of sp³-hybridized carbons (Fsp3) is 0.533. The largest absolute Gasteiger partial charge is 0.337 e. The quantitative estimate of drug-likeness (QED) is 0.776. The maximum atomic E-state index is 12.1. The van der Waals surface area contributed by atoms with Gasteiger partial charge in [0, 0.05) is 39.1 Å². The van der Waals surface area contributed by atoms with E-state index in [-0.39, 0.29) is 5.91 Å². The van der Waals surface area contributed by atoms with Crippen molar-refractivity contribution in [2.45, 2.75) is 25.7 Å². The Bertz CT molecular complexity index is 455. The van der Waals surface area contributed by atoms with Crippen LogP contribution in [0.25, 0.3) is 0 Å². The molecule has 0 bridgehead atoms. The zero-order chi connectivity index (χ0) is 14.4. The molecule has 0 atom stereocenters. The van der Waals surface area contributed by atoms with Crippen LogP contribution in [0.4, 0.5) is 0 Å². The molecule has 0 saturated carbocycles. The van der Waals surface area contributed by atoms with Gasteiger partial charge in [0.15, 0.2) is 0 Å². The van der Waals surface area contributed by atoms with Crippen LogP contribution >= 0.6 is 0 Å². The van der Waals surface area contributed by atoms with E-state index in [0.29, 0.717) is 19.6 Å². The van der Waals surface area contributed by atoms with Gasteiger partial charge in [0.25, 0.3) is 0 Å². The molecule has 1 aromatic heterocycles. The van der Waals surface area contributed by atoms with Crippen molar-refractivity contribution in [1.82, 2.24) is 14.8 Å². The number of amides is 2. The normalized spacial score (nSPS) is 14.9. The van der Waals surface area contributed by atoms with Gasteiger partial charge < -0.3 is 9.80 Å². The summed E-state index contributed by atoms with van der Waals surface area (Å²) in [7, 11) is 1.69. The Morgan fingerprint density at radius 2 is 1.85 bits per heavy atom. The Kier molecular flexibility index (Phi) is 5.09. The van der Waals surface area contributed by atoms with E-state index in [1.807, 2.05) is 12.1 Å². The number of likely N-dealkylation sites (tertiary alicyclic amines) is 1. The molecule has 5 heteroatoms. The average molecular weight is 275 g/mol. The molecule has 1 saturated heterocycles. The van der Waals surface area contributed by atoms with E-state index < -0.39 is 5.91 Å². The van der Waals surface area contributed by atoms with Crippen molar-refractivity contribution in [1.29, 1.82) is 0 Å². The Labute approximate surface area is 119 Å². The highest BCUT2D eigenvalue weighted by Crippen LogP contribution is 2.09. The van der Waals surface area contributed by atoms with Gasteiger partial charge in [-0.1, -0.05) is 0 Å². The first-order valence-electron chi connectivity index (χ1n) is 7.12. The number of piperidine rings is 1. The lowest BCUT2D eigenvalue weighted by Gasteiger charge is -2.28. The maximum Gasteiger partial charge on any atom is 0.312 e. The van der Waals surface area contributed by atoms with Crippen LogP contribution in [0.3, 0.4) is 0 Å². The van der Waals surface area contributed by atoms with Crippen molar-refractivity contribution in [3.63, 3.8) is 0 Å². The molecule has 0 aromatic carbocycles. The van der Waals surface area contributed by atoms with Crippen LogP contribution in [0.2, 0.25) is 0 Å². The zero-order valence-electron chi connectivity index (χ0n) is 11.9. The topological polar surface area (TPSA) is 53.5 Å². The fourth-order valence-corrected chi connectivity index (χ4v) is 2.34. The summed E-state index contributed by atoms with van der Waals surface area (Å²) in [5, 5.41) is 0. The molecule has 1 aliphatic rings. The lowest BCUT2D eigenvalue weighted by molar-refractivity contribution is -0.151. The third kappa shape index (κ3) is 3.79. The molecule has 0 unspecified atom stereocenters. The van der Waals surface area contributed by atoms with Crippen LogP contribution in [0, 0.1) is 0 Å². The van der Waals surface area contributed by atoms with Crippen molar-refractivity contribution in [2.75, 3.05) is 26.7 Å². The van der Waals surface area contributed by atoms with Gasteiger partial charge in [0.05, 0.1) is 0 Å². The van der Waals surface area contributed by atoms with Crippen molar-refractivity contribution < 1.29 is 9.59 Å². The summed E-state index contributed by atoms with van der Waals surface area (Å²) in [5.41, 5.74) is 1.12.